The van der Waals surface area contributed by atoms with Gasteiger partial charge in [-0.2, -0.15) is 5.26 Å². The zero-order chi connectivity index (χ0) is 19.8. The summed E-state index contributed by atoms with van der Waals surface area (Å²) in [6.45, 7) is 5.23. The van der Waals surface area contributed by atoms with Crippen molar-refractivity contribution in [3.05, 3.63) is 30.0 Å². The van der Waals surface area contributed by atoms with Crippen LogP contribution in [0.3, 0.4) is 0 Å². The number of aromatic nitrogens is 2. The molecule has 0 radical (unpaired) electrons. The Kier molecular flexibility index (Phi) is 7.15. The lowest BCUT2D eigenvalue weighted by Crippen LogP contribution is -2.39. The summed E-state index contributed by atoms with van der Waals surface area (Å²) in [6.07, 6.45) is 4.28. The van der Waals surface area contributed by atoms with Crippen LogP contribution >= 0.6 is 0 Å². The number of unbranched alkanes of at least 4 members (excludes halogenated alkanes) is 3. The first kappa shape index (κ1) is 20.0. The van der Waals surface area contributed by atoms with E-state index in [2.05, 4.69) is 28.2 Å². The van der Waals surface area contributed by atoms with Crippen molar-refractivity contribution in [2.75, 3.05) is 37.7 Å². The Morgan fingerprint density at radius 1 is 1.21 bits per heavy atom. The minimum atomic E-state index is -0.985. The summed E-state index contributed by atoms with van der Waals surface area (Å²) in [4.78, 5) is 24.2. The van der Waals surface area contributed by atoms with E-state index in [1.165, 1.54) is 0 Å². The van der Waals surface area contributed by atoms with Gasteiger partial charge in [0.15, 0.2) is 11.7 Å². The summed E-state index contributed by atoms with van der Waals surface area (Å²) in [5.41, 5.74) is 1.86. The molecule has 0 spiro atoms. The second-order valence-corrected chi connectivity index (χ2v) is 6.93. The number of hydrogen-bond donors (Lipinski definition) is 1. The SMILES string of the molecule is CCCCCCNC(=O)[C@H](C#N)c1nc2ccccc2nc1N1CCOCC1. The zero-order valence-electron chi connectivity index (χ0n) is 16.4. The molecule has 3 rings (SSSR count). The van der Waals surface area contributed by atoms with Crippen molar-refractivity contribution < 1.29 is 9.53 Å². The number of para-hydroxylation sites is 2. The van der Waals surface area contributed by atoms with Crippen LogP contribution in [0.1, 0.15) is 44.2 Å². The van der Waals surface area contributed by atoms with E-state index in [9.17, 15) is 10.1 Å². The monoisotopic (exact) mass is 381 g/mol. The van der Waals surface area contributed by atoms with Crippen LogP contribution in [0.15, 0.2) is 24.3 Å². The molecule has 1 aliphatic rings. The molecule has 1 amide bonds. The fourth-order valence-corrected chi connectivity index (χ4v) is 3.32. The topological polar surface area (TPSA) is 91.1 Å². The number of ether oxygens (including phenoxy) is 1. The highest BCUT2D eigenvalue weighted by Crippen LogP contribution is 2.27. The number of rotatable bonds is 8. The minimum absolute atomic E-state index is 0.307. The molecule has 7 heteroatoms. The molecule has 0 aliphatic carbocycles. The van der Waals surface area contributed by atoms with Gasteiger partial charge in [-0.25, -0.2) is 9.97 Å². The van der Waals surface area contributed by atoms with E-state index in [1.807, 2.05) is 24.3 Å². The van der Waals surface area contributed by atoms with Crippen LogP contribution in [-0.2, 0) is 9.53 Å². The predicted molar refractivity (Wildman–Crippen MR) is 108 cm³/mol. The second-order valence-electron chi connectivity index (χ2n) is 6.93. The average Bonchev–Trinajstić information content (AvgIpc) is 2.74. The molecule has 148 valence electrons. The first-order valence-corrected chi connectivity index (χ1v) is 10.0. The van der Waals surface area contributed by atoms with E-state index in [1.54, 1.807) is 0 Å². The highest BCUT2D eigenvalue weighted by Gasteiger charge is 2.29. The Morgan fingerprint density at radius 3 is 2.61 bits per heavy atom. The first-order chi connectivity index (χ1) is 13.7. The number of nitrogens with one attached hydrogen (secondary N) is 1. The Labute approximate surface area is 165 Å². The number of carbonyl (C=O) groups is 1. The fraction of sp³-hybridized carbons (Fsp3) is 0.524. The lowest BCUT2D eigenvalue weighted by molar-refractivity contribution is -0.121. The Bertz CT molecular complexity index is 842. The van der Waals surface area contributed by atoms with Crippen molar-refractivity contribution in [3.8, 4) is 6.07 Å². The summed E-state index contributed by atoms with van der Waals surface area (Å²) in [7, 11) is 0. The molecular formula is C21H27N5O2. The van der Waals surface area contributed by atoms with Crippen LogP contribution < -0.4 is 10.2 Å². The summed E-state index contributed by atoms with van der Waals surface area (Å²) in [5, 5.41) is 12.7. The molecule has 1 N–H and O–H groups in total. The van der Waals surface area contributed by atoms with Crippen LogP contribution in [-0.4, -0.2) is 48.7 Å². The number of nitriles is 1. The van der Waals surface area contributed by atoms with E-state index in [4.69, 9.17) is 9.72 Å². The molecule has 0 unspecified atom stereocenters. The van der Waals surface area contributed by atoms with Crippen molar-refractivity contribution in [1.29, 1.82) is 5.26 Å². The third-order valence-corrected chi connectivity index (χ3v) is 4.88. The lowest BCUT2D eigenvalue weighted by Gasteiger charge is -2.29. The number of benzene rings is 1. The molecule has 1 fully saturated rings. The van der Waals surface area contributed by atoms with Crippen LogP contribution in [0, 0.1) is 11.3 Å². The molecule has 1 atom stereocenters. The first-order valence-electron chi connectivity index (χ1n) is 10.0. The van der Waals surface area contributed by atoms with Gasteiger partial charge in [0.1, 0.15) is 5.69 Å². The van der Waals surface area contributed by atoms with E-state index in [0.29, 0.717) is 49.9 Å². The van der Waals surface area contributed by atoms with E-state index in [-0.39, 0.29) is 5.91 Å². The van der Waals surface area contributed by atoms with Crippen LogP contribution in [0.5, 0.6) is 0 Å². The third-order valence-electron chi connectivity index (χ3n) is 4.88. The number of carbonyl (C=O) groups excluding carboxylic acids is 1. The summed E-state index contributed by atoms with van der Waals surface area (Å²) in [5.74, 6) is -0.686. The summed E-state index contributed by atoms with van der Waals surface area (Å²) >= 11 is 0. The summed E-state index contributed by atoms with van der Waals surface area (Å²) < 4.78 is 5.43. The van der Waals surface area contributed by atoms with Gasteiger partial charge in [-0.1, -0.05) is 38.3 Å². The molecule has 0 bridgehead atoms. The standard InChI is InChI=1S/C21H27N5O2/c1-2-3-4-7-10-23-21(27)16(15-22)19-20(26-11-13-28-14-12-26)25-18-9-6-5-8-17(18)24-19/h5-6,8-9,16H,2-4,7,10-14H2,1H3,(H,23,27)/t16-/m1/s1. The molecule has 1 aromatic carbocycles. The smallest absolute Gasteiger partial charge is 0.243 e. The number of hydrogen-bond acceptors (Lipinski definition) is 6. The Morgan fingerprint density at radius 2 is 1.93 bits per heavy atom. The second kappa shape index (κ2) is 10.00. The minimum Gasteiger partial charge on any atom is -0.378 e. The number of anilines is 1. The van der Waals surface area contributed by atoms with Crippen molar-refractivity contribution in [2.24, 2.45) is 0 Å². The molecule has 2 heterocycles. The van der Waals surface area contributed by atoms with Crippen molar-refractivity contribution in [2.45, 2.75) is 38.5 Å². The van der Waals surface area contributed by atoms with Crippen LogP contribution in [0.2, 0.25) is 0 Å². The maximum absolute atomic E-state index is 12.7. The van der Waals surface area contributed by atoms with Gasteiger partial charge in [0, 0.05) is 19.6 Å². The predicted octanol–water partition coefficient (Wildman–Crippen LogP) is 2.77. The normalized spacial score (nSPS) is 15.2. The highest BCUT2D eigenvalue weighted by molar-refractivity contribution is 5.88. The lowest BCUT2D eigenvalue weighted by atomic mass is 10.0. The van der Waals surface area contributed by atoms with Gasteiger partial charge in [-0.3, -0.25) is 4.79 Å². The largest absolute Gasteiger partial charge is 0.378 e. The Hall–Kier alpha value is -2.72. The maximum atomic E-state index is 12.7. The van der Waals surface area contributed by atoms with Crippen LogP contribution in [0.25, 0.3) is 11.0 Å². The van der Waals surface area contributed by atoms with Gasteiger partial charge in [-0.15, -0.1) is 0 Å². The average molecular weight is 381 g/mol. The fourth-order valence-electron chi connectivity index (χ4n) is 3.32. The molecule has 1 saturated heterocycles. The van der Waals surface area contributed by atoms with Crippen molar-refractivity contribution in [3.63, 3.8) is 0 Å². The van der Waals surface area contributed by atoms with E-state index < -0.39 is 5.92 Å². The van der Waals surface area contributed by atoms with Crippen molar-refractivity contribution in [1.82, 2.24) is 15.3 Å². The maximum Gasteiger partial charge on any atom is 0.243 e. The number of fused-ring (bicyclic) bond motifs is 1. The number of nitrogens with zero attached hydrogens (tertiary/aromatic N) is 4. The van der Waals surface area contributed by atoms with Gasteiger partial charge in [0.2, 0.25) is 5.91 Å². The van der Waals surface area contributed by atoms with E-state index in [0.717, 1.165) is 31.2 Å². The molecule has 0 saturated carbocycles. The van der Waals surface area contributed by atoms with Gasteiger partial charge in [-0.05, 0) is 18.6 Å². The molecule has 2 aromatic rings. The van der Waals surface area contributed by atoms with Gasteiger partial charge >= 0.3 is 0 Å². The van der Waals surface area contributed by atoms with Gasteiger partial charge in [0.25, 0.3) is 0 Å². The summed E-state index contributed by atoms with van der Waals surface area (Å²) in [6, 6.07) is 9.68. The van der Waals surface area contributed by atoms with Crippen molar-refractivity contribution >= 4 is 22.8 Å². The molecule has 28 heavy (non-hydrogen) atoms. The molecule has 1 aromatic heterocycles. The third kappa shape index (κ3) is 4.76. The zero-order valence-corrected chi connectivity index (χ0v) is 16.4. The van der Waals surface area contributed by atoms with Gasteiger partial charge in [0.05, 0.1) is 30.3 Å². The quantitative estimate of drug-likeness (QED) is 0.707. The highest BCUT2D eigenvalue weighted by atomic mass is 16.5. The number of amides is 1. The Balaban J connectivity index is 1.87. The molecule has 1 aliphatic heterocycles. The van der Waals surface area contributed by atoms with Gasteiger partial charge < -0.3 is 15.0 Å². The van der Waals surface area contributed by atoms with E-state index >= 15 is 0 Å². The number of morpholine rings is 1. The molecular weight excluding hydrogens is 354 g/mol. The van der Waals surface area contributed by atoms with Crippen LogP contribution in [0.4, 0.5) is 5.82 Å². The molecule has 7 nitrogen and oxygen atoms in total.